The van der Waals surface area contributed by atoms with Crippen molar-refractivity contribution in [3.05, 3.63) is 33.8 Å². The Morgan fingerprint density at radius 1 is 1.22 bits per heavy atom. The minimum Gasteiger partial charge on any atom is -0.382 e. The molecular formula is C14H16Cl2O2. The molecule has 2 nitrogen and oxygen atoms in total. The van der Waals surface area contributed by atoms with Crippen molar-refractivity contribution in [2.24, 2.45) is 0 Å². The average molecular weight is 287 g/mol. The number of rotatable bonds is 3. The van der Waals surface area contributed by atoms with Crippen molar-refractivity contribution in [3.63, 3.8) is 0 Å². The highest BCUT2D eigenvalue weighted by Gasteiger charge is 2.36. The Balaban J connectivity index is 2.11. The standard InChI is InChI=1S/C14H16Cl2O2/c15-11-5-4-10(12(16)9-11)8-13(17)14(18)6-2-1-3-7-14/h4-5,9,18H,1-3,6-8H2. The molecule has 18 heavy (non-hydrogen) atoms. The van der Waals surface area contributed by atoms with Crippen LogP contribution in [0.25, 0.3) is 0 Å². The van der Waals surface area contributed by atoms with Crippen LogP contribution >= 0.6 is 23.2 Å². The minimum atomic E-state index is -1.15. The van der Waals surface area contributed by atoms with Crippen molar-refractivity contribution in [2.45, 2.75) is 44.1 Å². The van der Waals surface area contributed by atoms with Crippen LogP contribution in [0.2, 0.25) is 10.0 Å². The number of halogens is 2. The van der Waals surface area contributed by atoms with Crippen LogP contribution in [0.3, 0.4) is 0 Å². The average Bonchev–Trinajstić information content (AvgIpc) is 2.33. The zero-order chi connectivity index (χ0) is 13.2. The molecule has 1 aliphatic rings. The van der Waals surface area contributed by atoms with E-state index in [2.05, 4.69) is 0 Å². The molecule has 1 N–H and O–H groups in total. The summed E-state index contributed by atoms with van der Waals surface area (Å²) >= 11 is 11.9. The Morgan fingerprint density at radius 2 is 1.89 bits per heavy atom. The van der Waals surface area contributed by atoms with Crippen molar-refractivity contribution in [3.8, 4) is 0 Å². The Labute approximate surface area is 117 Å². The summed E-state index contributed by atoms with van der Waals surface area (Å²) in [5.74, 6) is -0.133. The summed E-state index contributed by atoms with van der Waals surface area (Å²) in [4.78, 5) is 12.2. The Bertz CT molecular complexity index is 451. The molecule has 0 aliphatic heterocycles. The van der Waals surface area contributed by atoms with E-state index >= 15 is 0 Å². The van der Waals surface area contributed by atoms with E-state index in [0.29, 0.717) is 22.9 Å². The second-order valence-electron chi connectivity index (χ2n) is 4.93. The van der Waals surface area contributed by atoms with E-state index in [1.165, 1.54) is 0 Å². The second kappa shape index (κ2) is 5.60. The van der Waals surface area contributed by atoms with E-state index in [1.54, 1.807) is 18.2 Å². The third kappa shape index (κ3) is 3.05. The first-order valence-corrected chi connectivity index (χ1v) is 6.96. The van der Waals surface area contributed by atoms with Crippen LogP contribution in [-0.4, -0.2) is 16.5 Å². The SMILES string of the molecule is O=C(Cc1ccc(Cl)cc1Cl)C1(O)CCCCC1. The third-order valence-corrected chi connectivity index (χ3v) is 4.15. The second-order valence-corrected chi connectivity index (χ2v) is 5.77. The van der Waals surface area contributed by atoms with Gasteiger partial charge in [0, 0.05) is 16.5 Å². The molecule has 0 amide bonds. The van der Waals surface area contributed by atoms with Crippen LogP contribution in [0.4, 0.5) is 0 Å². The molecule has 0 radical (unpaired) electrons. The molecule has 98 valence electrons. The van der Waals surface area contributed by atoms with E-state index in [4.69, 9.17) is 23.2 Å². The largest absolute Gasteiger partial charge is 0.382 e. The fraction of sp³-hybridized carbons (Fsp3) is 0.500. The first kappa shape index (κ1) is 13.9. The van der Waals surface area contributed by atoms with Gasteiger partial charge >= 0.3 is 0 Å². The molecule has 0 saturated heterocycles. The molecule has 0 atom stereocenters. The molecule has 1 aliphatic carbocycles. The summed E-state index contributed by atoms with van der Waals surface area (Å²) < 4.78 is 0. The summed E-state index contributed by atoms with van der Waals surface area (Å²) in [5.41, 5.74) is -0.425. The fourth-order valence-electron chi connectivity index (χ4n) is 2.42. The maximum Gasteiger partial charge on any atom is 0.168 e. The van der Waals surface area contributed by atoms with Gasteiger partial charge in [-0.2, -0.15) is 0 Å². The van der Waals surface area contributed by atoms with Crippen LogP contribution in [-0.2, 0) is 11.2 Å². The van der Waals surface area contributed by atoms with Gasteiger partial charge in [-0.3, -0.25) is 4.79 Å². The van der Waals surface area contributed by atoms with Gasteiger partial charge in [-0.15, -0.1) is 0 Å². The van der Waals surface area contributed by atoms with Gasteiger partial charge in [0.2, 0.25) is 0 Å². The molecule has 1 aromatic rings. The smallest absolute Gasteiger partial charge is 0.168 e. The van der Waals surface area contributed by atoms with E-state index < -0.39 is 5.60 Å². The van der Waals surface area contributed by atoms with Gasteiger partial charge in [0.05, 0.1) is 0 Å². The van der Waals surface area contributed by atoms with Gasteiger partial charge in [0.15, 0.2) is 5.78 Å². The van der Waals surface area contributed by atoms with Crippen molar-refractivity contribution in [2.75, 3.05) is 0 Å². The van der Waals surface area contributed by atoms with Crippen molar-refractivity contribution < 1.29 is 9.90 Å². The molecule has 0 heterocycles. The highest BCUT2D eigenvalue weighted by Crippen LogP contribution is 2.31. The van der Waals surface area contributed by atoms with Crippen LogP contribution in [0, 0.1) is 0 Å². The highest BCUT2D eigenvalue weighted by atomic mass is 35.5. The summed E-state index contributed by atoms with van der Waals surface area (Å²) in [6, 6.07) is 5.08. The first-order valence-electron chi connectivity index (χ1n) is 6.21. The predicted molar refractivity (Wildman–Crippen MR) is 73.2 cm³/mol. The zero-order valence-electron chi connectivity index (χ0n) is 10.1. The summed E-state index contributed by atoms with van der Waals surface area (Å²) in [6.45, 7) is 0. The van der Waals surface area contributed by atoms with Gasteiger partial charge in [-0.25, -0.2) is 0 Å². The van der Waals surface area contributed by atoms with E-state index in [0.717, 1.165) is 24.8 Å². The number of carbonyl (C=O) groups is 1. The van der Waals surface area contributed by atoms with Gasteiger partial charge in [-0.05, 0) is 30.5 Å². The number of carbonyl (C=O) groups excluding carboxylic acids is 1. The number of hydrogen-bond donors (Lipinski definition) is 1. The molecule has 1 fully saturated rings. The fourth-order valence-corrected chi connectivity index (χ4v) is 2.89. The molecule has 2 rings (SSSR count). The van der Waals surface area contributed by atoms with Crippen molar-refractivity contribution in [1.82, 2.24) is 0 Å². The topological polar surface area (TPSA) is 37.3 Å². The predicted octanol–water partition coefficient (Wildman–Crippen LogP) is 3.80. The normalized spacial score (nSPS) is 18.6. The third-order valence-electron chi connectivity index (χ3n) is 3.57. The molecule has 1 aromatic carbocycles. The van der Waals surface area contributed by atoms with Crippen LogP contribution < -0.4 is 0 Å². The lowest BCUT2D eigenvalue weighted by atomic mass is 9.80. The lowest BCUT2D eigenvalue weighted by molar-refractivity contribution is -0.139. The van der Waals surface area contributed by atoms with Gasteiger partial charge in [0.1, 0.15) is 5.60 Å². The molecule has 0 unspecified atom stereocenters. The number of aliphatic hydroxyl groups is 1. The van der Waals surface area contributed by atoms with E-state index in [-0.39, 0.29) is 12.2 Å². The first-order chi connectivity index (χ1) is 8.51. The highest BCUT2D eigenvalue weighted by molar-refractivity contribution is 6.35. The van der Waals surface area contributed by atoms with Crippen LogP contribution in [0.1, 0.15) is 37.7 Å². The van der Waals surface area contributed by atoms with Crippen LogP contribution in [0.5, 0.6) is 0 Å². The van der Waals surface area contributed by atoms with E-state index in [1.807, 2.05) is 0 Å². The monoisotopic (exact) mass is 286 g/mol. The maximum atomic E-state index is 12.2. The van der Waals surface area contributed by atoms with Crippen LogP contribution in [0.15, 0.2) is 18.2 Å². The molecule has 0 aromatic heterocycles. The number of hydrogen-bond acceptors (Lipinski definition) is 2. The Morgan fingerprint density at radius 3 is 2.50 bits per heavy atom. The molecule has 4 heteroatoms. The molecule has 1 saturated carbocycles. The number of Topliss-reactive ketones (excluding diaryl/α,β-unsaturated/α-hetero) is 1. The lowest BCUT2D eigenvalue weighted by Crippen LogP contribution is -2.41. The minimum absolute atomic E-state index is 0.133. The zero-order valence-corrected chi connectivity index (χ0v) is 11.6. The van der Waals surface area contributed by atoms with Crippen molar-refractivity contribution in [1.29, 1.82) is 0 Å². The molecule has 0 spiro atoms. The lowest BCUT2D eigenvalue weighted by Gasteiger charge is -2.30. The van der Waals surface area contributed by atoms with E-state index in [9.17, 15) is 9.90 Å². The maximum absolute atomic E-state index is 12.2. The Hall–Kier alpha value is -0.570. The van der Waals surface area contributed by atoms with Gasteiger partial charge < -0.3 is 5.11 Å². The summed E-state index contributed by atoms with van der Waals surface area (Å²) in [7, 11) is 0. The molecular weight excluding hydrogens is 271 g/mol. The van der Waals surface area contributed by atoms with Gasteiger partial charge in [0.25, 0.3) is 0 Å². The number of ketones is 1. The summed E-state index contributed by atoms with van der Waals surface area (Å²) in [6.07, 6.45) is 4.23. The Kier molecular flexibility index (Phi) is 4.31. The molecule has 0 bridgehead atoms. The number of benzene rings is 1. The quantitative estimate of drug-likeness (QED) is 0.918. The summed E-state index contributed by atoms with van der Waals surface area (Å²) in [5, 5.41) is 11.4. The van der Waals surface area contributed by atoms with Crippen molar-refractivity contribution >= 4 is 29.0 Å². The van der Waals surface area contributed by atoms with Gasteiger partial charge in [-0.1, -0.05) is 48.5 Å².